The summed E-state index contributed by atoms with van der Waals surface area (Å²) in [6, 6.07) is 14.7. The summed E-state index contributed by atoms with van der Waals surface area (Å²) in [5.74, 6) is -0.196. The Morgan fingerprint density at radius 2 is 2.03 bits per heavy atom. The monoisotopic (exact) mass is 415 g/mol. The van der Waals surface area contributed by atoms with Gasteiger partial charge in [-0.2, -0.15) is 19.1 Å². The molecule has 3 rings (SSSR count). The number of alkyl halides is 2. The van der Waals surface area contributed by atoms with Gasteiger partial charge in [-0.1, -0.05) is 41.9 Å². The van der Waals surface area contributed by atoms with Crippen LogP contribution in [0.1, 0.15) is 11.1 Å². The second-order valence-electron chi connectivity index (χ2n) is 5.55. The Hall–Kier alpha value is -3.77. The van der Waals surface area contributed by atoms with Crippen LogP contribution in [-0.2, 0) is 0 Å². The van der Waals surface area contributed by atoms with Crippen molar-refractivity contribution < 1.29 is 13.5 Å². The normalized spacial score (nSPS) is 10.9. The Bertz CT molecular complexity index is 1140. The van der Waals surface area contributed by atoms with Gasteiger partial charge in [0.25, 0.3) is 5.56 Å². The molecule has 0 atom stereocenters. The number of nitrogens with one attached hydrogen (secondary N) is 2. The van der Waals surface area contributed by atoms with E-state index in [0.29, 0.717) is 5.56 Å². The molecule has 10 heteroatoms. The van der Waals surface area contributed by atoms with Crippen molar-refractivity contribution in [3.05, 3.63) is 75.0 Å². The van der Waals surface area contributed by atoms with Crippen LogP contribution in [0, 0.1) is 11.3 Å². The van der Waals surface area contributed by atoms with E-state index < -0.39 is 12.2 Å². The van der Waals surface area contributed by atoms with Gasteiger partial charge in [-0.05, 0) is 18.2 Å². The number of hydrazone groups is 1. The molecule has 0 aliphatic rings. The highest BCUT2D eigenvalue weighted by molar-refractivity contribution is 6.30. The van der Waals surface area contributed by atoms with Crippen molar-refractivity contribution in [3.63, 3.8) is 0 Å². The lowest BCUT2D eigenvalue weighted by Crippen LogP contribution is -2.16. The maximum Gasteiger partial charge on any atom is 0.387 e. The Morgan fingerprint density at radius 1 is 1.28 bits per heavy atom. The molecule has 7 nitrogen and oxygen atoms in total. The lowest BCUT2D eigenvalue weighted by Gasteiger charge is -2.08. The van der Waals surface area contributed by atoms with Gasteiger partial charge in [0.1, 0.15) is 17.4 Å². The molecular formula is C19H12ClF2N5O2. The average molecular weight is 416 g/mol. The summed E-state index contributed by atoms with van der Waals surface area (Å²) < 4.78 is 29.5. The van der Waals surface area contributed by atoms with E-state index in [1.165, 1.54) is 24.4 Å². The van der Waals surface area contributed by atoms with Gasteiger partial charge in [0.15, 0.2) is 0 Å². The van der Waals surface area contributed by atoms with Crippen LogP contribution in [0.25, 0.3) is 11.3 Å². The zero-order valence-corrected chi connectivity index (χ0v) is 15.3. The number of nitrogens with zero attached hydrogens (tertiary/aromatic N) is 3. The Kier molecular flexibility index (Phi) is 6.16. The molecule has 0 spiro atoms. The molecule has 1 heterocycles. The number of hydrogen-bond acceptors (Lipinski definition) is 6. The van der Waals surface area contributed by atoms with Crippen LogP contribution in [0.3, 0.4) is 0 Å². The Balaban J connectivity index is 1.90. The van der Waals surface area contributed by atoms with Crippen molar-refractivity contribution in [2.75, 3.05) is 5.43 Å². The van der Waals surface area contributed by atoms with Crippen LogP contribution < -0.4 is 15.7 Å². The van der Waals surface area contributed by atoms with E-state index in [9.17, 15) is 18.8 Å². The maximum absolute atomic E-state index is 12.5. The molecule has 29 heavy (non-hydrogen) atoms. The molecular weight excluding hydrogens is 404 g/mol. The summed E-state index contributed by atoms with van der Waals surface area (Å²) in [7, 11) is 0. The number of aromatic nitrogens is 2. The van der Waals surface area contributed by atoms with Crippen molar-refractivity contribution in [3.8, 4) is 23.1 Å². The lowest BCUT2D eigenvalue weighted by molar-refractivity contribution is -0.0499. The third-order valence-electron chi connectivity index (χ3n) is 3.64. The van der Waals surface area contributed by atoms with E-state index in [4.69, 9.17) is 11.6 Å². The third kappa shape index (κ3) is 4.94. The SMILES string of the molecule is N#Cc1c(-c2ccccc2)nc(NN=Cc2ccc(Cl)cc2OC(F)F)[nH]c1=O. The average Bonchev–Trinajstić information content (AvgIpc) is 2.69. The number of H-pyrrole nitrogens is 1. The van der Waals surface area contributed by atoms with E-state index in [1.54, 1.807) is 30.3 Å². The molecule has 2 N–H and O–H groups in total. The van der Waals surface area contributed by atoms with Gasteiger partial charge in [0.2, 0.25) is 5.95 Å². The number of ether oxygens (including phenoxy) is 1. The van der Waals surface area contributed by atoms with E-state index in [-0.39, 0.29) is 33.5 Å². The lowest BCUT2D eigenvalue weighted by atomic mass is 10.1. The van der Waals surface area contributed by atoms with Crippen LogP contribution in [0.2, 0.25) is 5.02 Å². The predicted molar refractivity (Wildman–Crippen MR) is 104 cm³/mol. The van der Waals surface area contributed by atoms with Crippen LogP contribution in [0.15, 0.2) is 58.4 Å². The van der Waals surface area contributed by atoms with Crippen molar-refractivity contribution in [2.45, 2.75) is 6.61 Å². The fourth-order valence-electron chi connectivity index (χ4n) is 2.41. The minimum Gasteiger partial charge on any atom is -0.434 e. The minimum absolute atomic E-state index is 0.0330. The second-order valence-corrected chi connectivity index (χ2v) is 5.98. The first-order valence-corrected chi connectivity index (χ1v) is 8.49. The number of anilines is 1. The summed E-state index contributed by atoms with van der Waals surface area (Å²) in [4.78, 5) is 18.8. The highest BCUT2D eigenvalue weighted by Gasteiger charge is 2.13. The number of hydrogen-bond donors (Lipinski definition) is 2. The predicted octanol–water partition coefficient (Wildman–Crippen LogP) is 4.01. The van der Waals surface area contributed by atoms with Crippen molar-refractivity contribution in [2.24, 2.45) is 5.10 Å². The fourth-order valence-corrected chi connectivity index (χ4v) is 2.57. The van der Waals surface area contributed by atoms with E-state index >= 15 is 0 Å². The third-order valence-corrected chi connectivity index (χ3v) is 3.88. The standard InChI is InChI=1S/C19H12ClF2N5O2/c20-13-7-6-12(15(8-13)29-18(21)22)10-24-27-19-25-16(11-4-2-1-3-5-11)14(9-23)17(28)26-19/h1-8,10,18H,(H2,25,26,27,28). The van der Waals surface area contributed by atoms with E-state index in [2.05, 4.69) is 25.2 Å². The molecule has 146 valence electrons. The number of benzene rings is 2. The number of nitriles is 1. The summed E-state index contributed by atoms with van der Waals surface area (Å²) in [5, 5.41) is 13.4. The largest absolute Gasteiger partial charge is 0.434 e. The maximum atomic E-state index is 12.5. The molecule has 1 aromatic heterocycles. The highest BCUT2D eigenvalue weighted by Crippen LogP contribution is 2.24. The smallest absolute Gasteiger partial charge is 0.387 e. The molecule has 0 saturated heterocycles. The molecule has 0 amide bonds. The van der Waals surface area contributed by atoms with E-state index in [0.717, 1.165) is 0 Å². The first-order valence-electron chi connectivity index (χ1n) is 8.11. The summed E-state index contributed by atoms with van der Waals surface area (Å²) in [5.41, 5.74) is 2.70. The molecule has 0 saturated carbocycles. The van der Waals surface area contributed by atoms with E-state index in [1.807, 2.05) is 6.07 Å². The molecule has 0 bridgehead atoms. The van der Waals surface area contributed by atoms with Crippen LogP contribution in [0.5, 0.6) is 5.75 Å². The van der Waals surface area contributed by atoms with Crippen molar-refractivity contribution in [1.29, 1.82) is 5.26 Å². The van der Waals surface area contributed by atoms with Crippen LogP contribution in [0.4, 0.5) is 14.7 Å². The molecule has 3 aromatic rings. The summed E-state index contributed by atoms with van der Waals surface area (Å²) in [6.45, 7) is -3.03. The molecule has 2 aromatic carbocycles. The van der Waals surface area contributed by atoms with Gasteiger partial charge in [-0.25, -0.2) is 10.4 Å². The summed E-state index contributed by atoms with van der Waals surface area (Å²) >= 11 is 5.79. The Morgan fingerprint density at radius 3 is 2.72 bits per heavy atom. The molecule has 0 radical (unpaired) electrons. The molecule has 0 fully saturated rings. The molecule has 0 aliphatic heterocycles. The zero-order chi connectivity index (χ0) is 20.8. The van der Waals surface area contributed by atoms with Crippen molar-refractivity contribution >= 4 is 23.8 Å². The second kappa shape index (κ2) is 8.95. The van der Waals surface area contributed by atoms with Gasteiger partial charge in [0, 0.05) is 16.1 Å². The topological polar surface area (TPSA) is 103 Å². The van der Waals surface area contributed by atoms with Crippen LogP contribution in [-0.4, -0.2) is 22.8 Å². The van der Waals surface area contributed by atoms with Gasteiger partial charge in [-0.15, -0.1) is 0 Å². The summed E-state index contributed by atoms with van der Waals surface area (Å²) in [6.07, 6.45) is 1.20. The molecule has 0 aliphatic carbocycles. The molecule has 0 unspecified atom stereocenters. The van der Waals surface area contributed by atoms with Gasteiger partial charge in [0.05, 0.1) is 11.9 Å². The van der Waals surface area contributed by atoms with Gasteiger partial charge in [-0.3, -0.25) is 9.78 Å². The number of rotatable bonds is 6. The highest BCUT2D eigenvalue weighted by atomic mass is 35.5. The fraction of sp³-hybridized carbons (Fsp3) is 0.0526. The number of aromatic amines is 1. The first-order chi connectivity index (χ1) is 14.0. The van der Waals surface area contributed by atoms with Gasteiger partial charge >= 0.3 is 6.61 Å². The number of halogens is 3. The Labute approximate surface area is 168 Å². The van der Waals surface area contributed by atoms with Crippen LogP contribution >= 0.6 is 11.6 Å². The quantitative estimate of drug-likeness (QED) is 0.467. The minimum atomic E-state index is -3.03. The van der Waals surface area contributed by atoms with Gasteiger partial charge < -0.3 is 4.74 Å². The zero-order valence-electron chi connectivity index (χ0n) is 14.6. The first kappa shape index (κ1) is 20.0. The van der Waals surface area contributed by atoms with Crippen molar-refractivity contribution in [1.82, 2.24) is 9.97 Å².